The molecule has 0 aliphatic heterocycles. The van der Waals surface area contributed by atoms with E-state index in [1.54, 1.807) is 24.3 Å². The van der Waals surface area contributed by atoms with E-state index in [4.69, 9.17) is 23.2 Å². The molecule has 86 valence electrons. The SMILES string of the molecule is Oc1ccc(Cl)cc1C=Nc1ccccc1Cl. The van der Waals surface area contributed by atoms with Crippen molar-refractivity contribution in [2.75, 3.05) is 0 Å². The van der Waals surface area contributed by atoms with Crippen molar-refractivity contribution < 1.29 is 5.11 Å². The van der Waals surface area contributed by atoms with Gasteiger partial charge in [-0.3, -0.25) is 4.99 Å². The minimum absolute atomic E-state index is 0.130. The van der Waals surface area contributed by atoms with Crippen molar-refractivity contribution in [3.8, 4) is 5.75 Å². The fraction of sp³-hybridized carbons (Fsp3) is 0. The molecule has 1 N–H and O–H groups in total. The van der Waals surface area contributed by atoms with Gasteiger partial charge in [0.25, 0.3) is 0 Å². The van der Waals surface area contributed by atoms with Gasteiger partial charge in [0.1, 0.15) is 5.75 Å². The third-order valence-electron chi connectivity index (χ3n) is 2.18. The first-order valence-corrected chi connectivity index (χ1v) is 5.69. The molecule has 17 heavy (non-hydrogen) atoms. The number of phenolic OH excluding ortho intramolecular Hbond substituents is 1. The summed E-state index contributed by atoms with van der Waals surface area (Å²) in [7, 11) is 0. The van der Waals surface area contributed by atoms with Crippen LogP contribution in [0.4, 0.5) is 5.69 Å². The minimum atomic E-state index is 0.130. The summed E-state index contributed by atoms with van der Waals surface area (Å²) in [6, 6.07) is 12.0. The summed E-state index contributed by atoms with van der Waals surface area (Å²) < 4.78 is 0. The molecule has 0 saturated heterocycles. The lowest BCUT2D eigenvalue weighted by molar-refractivity contribution is 0.474. The van der Waals surface area contributed by atoms with Crippen LogP contribution in [0.25, 0.3) is 0 Å². The number of rotatable bonds is 2. The number of hydrogen-bond donors (Lipinski definition) is 1. The van der Waals surface area contributed by atoms with E-state index in [0.29, 0.717) is 21.3 Å². The van der Waals surface area contributed by atoms with Gasteiger partial charge in [0.05, 0.1) is 10.7 Å². The van der Waals surface area contributed by atoms with Crippen LogP contribution in [0.1, 0.15) is 5.56 Å². The van der Waals surface area contributed by atoms with Crippen LogP contribution in [0.5, 0.6) is 5.75 Å². The van der Waals surface area contributed by atoms with Gasteiger partial charge in [-0.1, -0.05) is 35.3 Å². The molecule has 0 aliphatic carbocycles. The van der Waals surface area contributed by atoms with Gasteiger partial charge in [-0.15, -0.1) is 0 Å². The van der Waals surface area contributed by atoms with E-state index < -0.39 is 0 Å². The summed E-state index contributed by atoms with van der Waals surface area (Å²) in [5.74, 6) is 0.130. The van der Waals surface area contributed by atoms with Crippen LogP contribution in [0, 0.1) is 0 Å². The van der Waals surface area contributed by atoms with Gasteiger partial charge in [-0.2, -0.15) is 0 Å². The van der Waals surface area contributed by atoms with Crippen molar-refractivity contribution in [1.82, 2.24) is 0 Å². The maximum Gasteiger partial charge on any atom is 0.124 e. The van der Waals surface area contributed by atoms with Crippen molar-refractivity contribution >= 4 is 35.1 Å². The van der Waals surface area contributed by atoms with Gasteiger partial charge in [-0.25, -0.2) is 0 Å². The lowest BCUT2D eigenvalue weighted by Crippen LogP contribution is -1.82. The van der Waals surface area contributed by atoms with E-state index in [9.17, 15) is 5.11 Å². The Kier molecular flexibility index (Phi) is 3.67. The van der Waals surface area contributed by atoms with E-state index in [0.717, 1.165) is 0 Å². The minimum Gasteiger partial charge on any atom is -0.507 e. The Balaban J connectivity index is 2.32. The number of para-hydroxylation sites is 1. The third-order valence-corrected chi connectivity index (χ3v) is 2.74. The highest BCUT2D eigenvalue weighted by molar-refractivity contribution is 6.33. The Hall–Kier alpha value is -1.51. The maximum atomic E-state index is 9.60. The van der Waals surface area contributed by atoms with Gasteiger partial charge in [-0.05, 0) is 30.3 Å². The summed E-state index contributed by atoms with van der Waals surface area (Å²) in [4.78, 5) is 4.20. The zero-order valence-electron chi connectivity index (χ0n) is 8.77. The molecule has 0 bridgehead atoms. The monoisotopic (exact) mass is 265 g/mol. The Labute approximate surface area is 109 Å². The smallest absolute Gasteiger partial charge is 0.124 e. The summed E-state index contributed by atoms with van der Waals surface area (Å²) in [6.45, 7) is 0. The molecule has 0 spiro atoms. The summed E-state index contributed by atoms with van der Waals surface area (Å²) in [5, 5.41) is 10.7. The van der Waals surface area contributed by atoms with E-state index in [2.05, 4.69) is 4.99 Å². The number of benzene rings is 2. The summed E-state index contributed by atoms with van der Waals surface area (Å²) in [6.07, 6.45) is 1.53. The molecule has 0 aliphatic rings. The first-order chi connectivity index (χ1) is 8.16. The number of hydrogen-bond acceptors (Lipinski definition) is 2. The molecule has 0 heterocycles. The van der Waals surface area contributed by atoms with Crippen molar-refractivity contribution in [2.24, 2.45) is 4.99 Å². The zero-order valence-corrected chi connectivity index (χ0v) is 10.3. The zero-order chi connectivity index (χ0) is 12.3. The lowest BCUT2D eigenvalue weighted by Gasteiger charge is -2.00. The third kappa shape index (κ3) is 2.99. The second-order valence-electron chi connectivity index (χ2n) is 3.41. The van der Waals surface area contributed by atoms with Crippen molar-refractivity contribution in [3.05, 3.63) is 58.1 Å². The van der Waals surface area contributed by atoms with Gasteiger partial charge >= 0.3 is 0 Å². The topological polar surface area (TPSA) is 32.6 Å². The normalized spacial score (nSPS) is 10.9. The van der Waals surface area contributed by atoms with Crippen LogP contribution in [0.15, 0.2) is 47.5 Å². The average molecular weight is 266 g/mol. The van der Waals surface area contributed by atoms with Crippen molar-refractivity contribution in [2.45, 2.75) is 0 Å². The molecular weight excluding hydrogens is 257 g/mol. The largest absolute Gasteiger partial charge is 0.507 e. The molecule has 0 aromatic heterocycles. The second kappa shape index (κ2) is 5.21. The van der Waals surface area contributed by atoms with Crippen LogP contribution < -0.4 is 0 Å². The predicted octanol–water partition coefficient (Wildman–Crippen LogP) is 4.45. The number of halogens is 2. The molecular formula is C13H9Cl2NO. The van der Waals surface area contributed by atoms with Crippen molar-refractivity contribution in [1.29, 1.82) is 0 Å². The van der Waals surface area contributed by atoms with Gasteiger partial charge < -0.3 is 5.11 Å². The highest BCUT2D eigenvalue weighted by atomic mass is 35.5. The Bertz CT molecular complexity index is 567. The predicted molar refractivity (Wildman–Crippen MR) is 71.8 cm³/mol. The molecule has 2 nitrogen and oxygen atoms in total. The van der Waals surface area contributed by atoms with E-state index in [-0.39, 0.29) is 5.75 Å². The standard InChI is InChI=1S/C13H9Cl2NO/c14-10-5-6-13(17)9(7-10)8-16-12-4-2-1-3-11(12)15/h1-8,17H. The summed E-state index contributed by atoms with van der Waals surface area (Å²) >= 11 is 11.8. The Morgan fingerprint density at radius 1 is 1.06 bits per heavy atom. The molecule has 2 aromatic carbocycles. The van der Waals surface area contributed by atoms with Gasteiger partial charge in [0, 0.05) is 16.8 Å². The quantitative estimate of drug-likeness (QED) is 0.800. The summed E-state index contributed by atoms with van der Waals surface area (Å²) in [5.41, 5.74) is 1.20. The van der Waals surface area contributed by atoms with Crippen LogP contribution in [0.3, 0.4) is 0 Å². The molecule has 2 aromatic rings. The molecule has 0 amide bonds. The van der Waals surface area contributed by atoms with Gasteiger partial charge in [0.2, 0.25) is 0 Å². The number of nitrogens with zero attached hydrogens (tertiary/aromatic N) is 1. The highest BCUT2D eigenvalue weighted by Crippen LogP contribution is 2.25. The van der Waals surface area contributed by atoms with Crippen molar-refractivity contribution in [3.63, 3.8) is 0 Å². The number of phenols is 1. The first kappa shape index (κ1) is 12.0. The molecule has 0 atom stereocenters. The fourth-order valence-electron chi connectivity index (χ4n) is 1.32. The van der Waals surface area contributed by atoms with E-state index in [1.807, 2.05) is 12.1 Å². The van der Waals surface area contributed by atoms with E-state index >= 15 is 0 Å². The molecule has 2 rings (SSSR count). The number of aliphatic imine (C=N–C) groups is 1. The van der Waals surface area contributed by atoms with Crippen LogP contribution >= 0.6 is 23.2 Å². The molecule has 0 radical (unpaired) electrons. The Morgan fingerprint density at radius 3 is 2.59 bits per heavy atom. The molecule has 0 saturated carbocycles. The number of aromatic hydroxyl groups is 1. The van der Waals surface area contributed by atoms with Crippen LogP contribution in [0.2, 0.25) is 10.0 Å². The average Bonchev–Trinajstić information content (AvgIpc) is 2.32. The fourth-order valence-corrected chi connectivity index (χ4v) is 1.69. The highest BCUT2D eigenvalue weighted by Gasteiger charge is 2.00. The molecule has 0 unspecified atom stereocenters. The van der Waals surface area contributed by atoms with E-state index in [1.165, 1.54) is 12.3 Å². The lowest BCUT2D eigenvalue weighted by atomic mass is 10.2. The first-order valence-electron chi connectivity index (χ1n) is 4.94. The molecule has 4 heteroatoms. The maximum absolute atomic E-state index is 9.60. The van der Waals surface area contributed by atoms with Crippen LogP contribution in [-0.4, -0.2) is 11.3 Å². The Morgan fingerprint density at radius 2 is 1.82 bits per heavy atom. The van der Waals surface area contributed by atoms with Crippen LogP contribution in [-0.2, 0) is 0 Å². The van der Waals surface area contributed by atoms with Gasteiger partial charge in [0.15, 0.2) is 0 Å². The second-order valence-corrected chi connectivity index (χ2v) is 4.26. The molecule has 0 fully saturated rings.